The molecule has 3 heterocycles. The summed E-state index contributed by atoms with van der Waals surface area (Å²) in [5.74, 6) is 1.30. The Labute approximate surface area is 128 Å². The van der Waals surface area contributed by atoms with Crippen LogP contribution in [0.15, 0.2) is 0 Å². The molecule has 1 amide bonds. The summed E-state index contributed by atoms with van der Waals surface area (Å²) in [7, 11) is 1.81. The van der Waals surface area contributed by atoms with Gasteiger partial charge in [0.1, 0.15) is 0 Å². The number of anilines is 2. The van der Waals surface area contributed by atoms with E-state index in [-0.39, 0.29) is 17.2 Å². The standard InChI is InChI=1S/C13H19ClN6O/c1-19-8-9(4-5-10(19)21)15-12-16-11(14)17-13(18-12)20-6-2-3-7-20/h9H,2-8H2,1H3,(H,15,16,17,18). The van der Waals surface area contributed by atoms with Gasteiger partial charge >= 0.3 is 0 Å². The van der Waals surface area contributed by atoms with Gasteiger partial charge in [0.2, 0.25) is 23.1 Å². The highest BCUT2D eigenvalue weighted by molar-refractivity contribution is 6.28. The minimum atomic E-state index is 0.151. The number of carbonyl (C=O) groups is 1. The molecule has 114 valence electrons. The van der Waals surface area contributed by atoms with Crippen molar-refractivity contribution in [2.45, 2.75) is 31.7 Å². The number of hydrogen-bond donors (Lipinski definition) is 1. The van der Waals surface area contributed by atoms with E-state index < -0.39 is 0 Å². The highest BCUT2D eigenvalue weighted by atomic mass is 35.5. The Morgan fingerprint density at radius 3 is 2.71 bits per heavy atom. The normalized spacial score (nSPS) is 22.8. The van der Waals surface area contributed by atoms with E-state index in [1.807, 2.05) is 7.05 Å². The number of piperidine rings is 1. The van der Waals surface area contributed by atoms with Crippen LogP contribution in [0.4, 0.5) is 11.9 Å². The van der Waals surface area contributed by atoms with Crippen molar-refractivity contribution in [1.29, 1.82) is 0 Å². The van der Waals surface area contributed by atoms with Crippen LogP contribution >= 0.6 is 11.6 Å². The molecule has 1 N–H and O–H groups in total. The van der Waals surface area contributed by atoms with Gasteiger partial charge in [-0.2, -0.15) is 15.0 Å². The lowest BCUT2D eigenvalue weighted by molar-refractivity contribution is -0.132. The molecule has 21 heavy (non-hydrogen) atoms. The van der Waals surface area contributed by atoms with E-state index in [0.717, 1.165) is 32.4 Å². The second-order valence-electron chi connectivity index (χ2n) is 5.58. The number of carbonyl (C=O) groups excluding carboxylic acids is 1. The molecule has 2 saturated heterocycles. The van der Waals surface area contributed by atoms with E-state index in [2.05, 4.69) is 25.2 Å². The summed E-state index contributed by atoms with van der Waals surface area (Å²) < 4.78 is 0. The molecule has 2 aliphatic rings. The van der Waals surface area contributed by atoms with Gasteiger partial charge in [0.15, 0.2) is 0 Å². The van der Waals surface area contributed by atoms with Crippen LogP contribution < -0.4 is 10.2 Å². The number of aromatic nitrogens is 3. The van der Waals surface area contributed by atoms with Crippen molar-refractivity contribution in [1.82, 2.24) is 19.9 Å². The molecule has 0 bridgehead atoms. The molecule has 7 nitrogen and oxygen atoms in total. The zero-order valence-electron chi connectivity index (χ0n) is 12.0. The monoisotopic (exact) mass is 310 g/mol. The molecule has 1 atom stereocenters. The van der Waals surface area contributed by atoms with Crippen molar-refractivity contribution in [2.75, 3.05) is 36.9 Å². The molecule has 0 aliphatic carbocycles. The number of nitrogens with zero attached hydrogens (tertiary/aromatic N) is 5. The Morgan fingerprint density at radius 2 is 2.00 bits per heavy atom. The Hall–Kier alpha value is -1.63. The van der Waals surface area contributed by atoms with Gasteiger partial charge in [0.05, 0.1) is 0 Å². The first-order valence-electron chi connectivity index (χ1n) is 7.29. The zero-order valence-corrected chi connectivity index (χ0v) is 12.8. The van der Waals surface area contributed by atoms with Gasteiger partial charge in [-0.15, -0.1) is 0 Å². The van der Waals surface area contributed by atoms with Gasteiger partial charge < -0.3 is 15.1 Å². The highest BCUT2D eigenvalue weighted by Crippen LogP contribution is 2.20. The van der Waals surface area contributed by atoms with Gasteiger partial charge in [0.25, 0.3) is 0 Å². The molecule has 1 aromatic heterocycles. The van der Waals surface area contributed by atoms with Crippen molar-refractivity contribution in [3.8, 4) is 0 Å². The molecule has 1 aromatic rings. The van der Waals surface area contributed by atoms with Gasteiger partial charge in [-0.3, -0.25) is 4.79 Å². The lowest BCUT2D eigenvalue weighted by Crippen LogP contribution is -2.43. The average Bonchev–Trinajstić information content (AvgIpc) is 2.96. The lowest BCUT2D eigenvalue weighted by Gasteiger charge is -2.30. The first-order chi connectivity index (χ1) is 10.1. The van der Waals surface area contributed by atoms with Crippen molar-refractivity contribution in [3.63, 3.8) is 0 Å². The number of amides is 1. The summed E-state index contributed by atoms with van der Waals surface area (Å²) in [6.45, 7) is 2.57. The average molecular weight is 311 g/mol. The summed E-state index contributed by atoms with van der Waals surface area (Å²) in [6.07, 6.45) is 3.64. The number of halogens is 1. The largest absolute Gasteiger partial charge is 0.350 e. The van der Waals surface area contributed by atoms with E-state index in [1.54, 1.807) is 4.90 Å². The van der Waals surface area contributed by atoms with Crippen LogP contribution in [0, 0.1) is 0 Å². The van der Waals surface area contributed by atoms with Gasteiger partial charge in [0, 0.05) is 39.1 Å². The van der Waals surface area contributed by atoms with E-state index in [0.29, 0.717) is 24.9 Å². The second kappa shape index (κ2) is 6.01. The summed E-state index contributed by atoms with van der Waals surface area (Å²) in [5, 5.41) is 3.47. The predicted molar refractivity (Wildman–Crippen MR) is 80.6 cm³/mol. The Bertz CT molecular complexity index is 533. The summed E-state index contributed by atoms with van der Waals surface area (Å²) >= 11 is 6.00. The zero-order chi connectivity index (χ0) is 14.8. The van der Waals surface area contributed by atoms with Crippen molar-refractivity contribution < 1.29 is 4.79 Å². The number of likely N-dealkylation sites (tertiary alicyclic amines) is 1. The molecule has 2 fully saturated rings. The third-order valence-corrected chi connectivity index (χ3v) is 4.11. The first kappa shape index (κ1) is 14.3. The van der Waals surface area contributed by atoms with Crippen LogP contribution in [0.5, 0.6) is 0 Å². The Balaban J connectivity index is 1.71. The quantitative estimate of drug-likeness (QED) is 0.903. The first-order valence-corrected chi connectivity index (χ1v) is 7.66. The summed E-state index contributed by atoms with van der Waals surface area (Å²) in [4.78, 5) is 28.2. The minimum Gasteiger partial charge on any atom is -0.350 e. The third kappa shape index (κ3) is 3.34. The van der Waals surface area contributed by atoms with E-state index >= 15 is 0 Å². The molecule has 3 rings (SSSR count). The fraction of sp³-hybridized carbons (Fsp3) is 0.692. The molecule has 0 spiro atoms. The molecule has 0 saturated carbocycles. The van der Waals surface area contributed by atoms with Crippen LogP contribution in [0.1, 0.15) is 25.7 Å². The van der Waals surface area contributed by atoms with Crippen LogP contribution in [-0.4, -0.2) is 58.5 Å². The number of rotatable bonds is 3. The number of hydrogen-bond acceptors (Lipinski definition) is 6. The van der Waals surface area contributed by atoms with E-state index in [4.69, 9.17) is 11.6 Å². The number of likely N-dealkylation sites (N-methyl/N-ethyl adjacent to an activating group) is 1. The fourth-order valence-electron chi connectivity index (χ4n) is 2.78. The van der Waals surface area contributed by atoms with Crippen molar-refractivity contribution in [2.24, 2.45) is 0 Å². The molecule has 8 heteroatoms. The highest BCUT2D eigenvalue weighted by Gasteiger charge is 2.24. The van der Waals surface area contributed by atoms with Gasteiger partial charge in [-0.25, -0.2) is 0 Å². The predicted octanol–water partition coefficient (Wildman–Crippen LogP) is 1.16. The van der Waals surface area contributed by atoms with Gasteiger partial charge in [-0.05, 0) is 30.9 Å². The van der Waals surface area contributed by atoms with Crippen molar-refractivity contribution in [3.05, 3.63) is 5.28 Å². The number of nitrogens with one attached hydrogen (secondary N) is 1. The maximum atomic E-state index is 11.5. The molecule has 2 aliphatic heterocycles. The summed E-state index contributed by atoms with van der Waals surface area (Å²) in [5.41, 5.74) is 0. The van der Waals surface area contributed by atoms with Crippen molar-refractivity contribution >= 4 is 29.4 Å². The van der Waals surface area contributed by atoms with Crippen LogP contribution in [0.2, 0.25) is 5.28 Å². The second-order valence-corrected chi connectivity index (χ2v) is 5.91. The van der Waals surface area contributed by atoms with Crippen LogP contribution in [-0.2, 0) is 4.79 Å². The van der Waals surface area contributed by atoms with E-state index in [9.17, 15) is 4.79 Å². The molecule has 0 aromatic carbocycles. The lowest BCUT2D eigenvalue weighted by atomic mass is 10.1. The summed E-state index contributed by atoms with van der Waals surface area (Å²) in [6, 6.07) is 0.151. The molecule has 1 unspecified atom stereocenters. The third-order valence-electron chi connectivity index (χ3n) is 3.95. The van der Waals surface area contributed by atoms with Crippen LogP contribution in [0.25, 0.3) is 0 Å². The SMILES string of the molecule is CN1CC(Nc2nc(Cl)nc(N3CCCC3)n2)CCC1=O. The smallest absolute Gasteiger partial charge is 0.231 e. The topological polar surface area (TPSA) is 74.2 Å². The molecule has 0 radical (unpaired) electrons. The minimum absolute atomic E-state index is 0.151. The Morgan fingerprint density at radius 1 is 1.24 bits per heavy atom. The molecular formula is C13H19ClN6O. The van der Waals surface area contributed by atoms with Crippen LogP contribution in [0.3, 0.4) is 0 Å². The Kier molecular flexibility index (Phi) is 4.10. The maximum absolute atomic E-state index is 11.5. The van der Waals surface area contributed by atoms with Gasteiger partial charge in [-0.1, -0.05) is 0 Å². The molecular weight excluding hydrogens is 292 g/mol. The maximum Gasteiger partial charge on any atom is 0.231 e. The van der Waals surface area contributed by atoms with E-state index in [1.165, 1.54) is 0 Å². The fourth-order valence-corrected chi connectivity index (χ4v) is 2.93.